The summed E-state index contributed by atoms with van der Waals surface area (Å²) in [4.78, 5) is 4.13. The Bertz CT molecular complexity index is 549. The van der Waals surface area contributed by atoms with Gasteiger partial charge >= 0.3 is 0 Å². The molecule has 0 fully saturated rings. The Morgan fingerprint density at radius 3 is 2.75 bits per heavy atom. The molecule has 2 rings (SSSR count). The molecule has 0 bridgehead atoms. The maximum atomic E-state index is 13.6. The molecule has 0 atom stereocenters. The Hall–Kier alpha value is -1.46. The van der Waals surface area contributed by atoms with E-state index in [-0.39, 0.29) is 11.4 Å². The molecule has 0 aliphatic carbocycles. The molecule has 0 amide bonds. The first-order valence-electron chi connectivity index (χ1n) is 6.47. The third kappa shape index (κ3) is 4.90. The Kier molecular flexibility index (Phi) is 4.73. The van der Waals surface area contributed by atoms with E-state index in [4.69, 9.17) is 4.74 Å². The molecule has 0 saturated heterocycles. The molecule has 1 aromatic heterocycles. The molecule has 20 heavy (non-hydrogen) atoms. The fourth-order valence-electron chi connectivity index (χ4n) is 1.64. The molecule has 108 valence electrons. The molecule has 1 heterocycles. The van der Waals surface area contributed by atoms with Crippen LogP contribution in [-0.4, -0.2) is 10.5 Å². The highest BCUT2D eigenvalue weighted by atomic mass is 32.1. The van der Waals surface area contributed by atoms with E-state index < -0.39 is 0 Å². The van der Waals surface area contributed by atoms with Gasteiger partial charge in [-0.2, -0.15) is 0 Å². The molecule has 0 spiro atoms. The van der Waals surface area contributed by atoms with E-state index in [1.165, 1.54) is 23.5 Å². The number of aromatic nitrogens is 1. The fraction of sp³-hybridized carbons (Fsp3) is 0.400. The molecular weight excluding hydrogens is 275 g/mol. The molecule has 1 aromatic carbocycles. The predicted octanol–water partition coefficient (Wildman–Crippen LogP) is 3.75. The van der Waals surface area contributed by atoms with E-state index in [1.54, 1.807) is 5.51 Å². The van der Waals surface area contributed by atoms with Crippen LogP contribution >= 0.6 is 11.3 Å². The second-order valence-corrected chi connectivity index (χ2v) is 6.39. The first-order valence-corrected chi connectivity index (χ1v) is 7.41. The Labute approximate surface area is 122 Å². The zero-order valence-electron chi connectivity index (χ0n) is 11.9. The van der Waals surface area contributed by atoms with Gasteiger partial charge < -0.3 is 10.1 Å². The van der Waals surface area contributed by atoms with Crippen molar-refractivity contribution in [2.45, 2.75) is 39.5 Å². The van der Waals surface area contributed by atoms with Crippen molar-refractivity contribution >= 4 is 11.3 Å². The maximum Gasteiger partial charge on any atom is 0.131 e. The lowest BCUT2D eigenvalue weighted by molar-refractivity contribution is 0.300. The van der Waals surface area contributed by atoms with Crippen molar-refractivity contribution in [2.75, 3.05) is 0 Å². The van der Waals surface area contributed by atoms with Gasteiger partial charge in [0.15, 0.2) is 0 Å². The van der Waals surface area contributed by atoms with Gasteiger partial charge in [-0.15, -0.1) is 11.3 Å². The molecule has 0 radical (unpaired) electrons. The number of nitrogens with one attached hydrogen (secondary N) is 1. The van der Waals surface area contributed by atoms with E-state index in [9.17, 15) is 4.39 Å². The van der Waals surface area contributed by atoms with E-state index in [1.807, 2.05) is 11.4 Å². The largest absolute Gasteiger partial charge is 0.487 e. The van der Waals surface area contributed by atoms with Gasteiger partial charge in [0.1, 0.15) is 18.2 Å². The summed E-state index contributed by atoms with van der Waals surface area (Å²) in [5.74, 6) is 0.246. The summed E-state index contributed by atoms with van der Waals surface area (Å²) in [6.45, 7) is 7.19. The van der Waals surface area contributed by atoms with E-state index in [2.05, 4.69) is 31.1 Å². The third-order valence-corrected chi connectivity index (χ3v) is 3.26. The molecule has 5 heteroatoms. The molecular formula is C15H19FN2OS. The summed E-state index contributed by atoms with van der Waals surface area (Å²) < 4.78 is 19.2. The third-order valence-electron chi connectivity index (χ3n) is 2.62. The summed E-state index contributed by atoms with van der Waals surface area (Å²) >= 11 is 1.52. The molecule has 0 aliphatic rings. The number of nitrogens with zero attached hydrogens (tertiary/aromatic N) is 1. The number of ether oxygens (including phenoxy) is 1. The van der Waals surface area contributed by atoms with Crippen LogP contribution < -0.4 is 10.1 Å². The van der Waals surface area contributed by atoms with Gasteiger partial charge in [-0.25, -0.2) is 9.37 Å². The van der Waals surface area contributed by atoms with Crippen molar-refractivity contribution in [2.24, 2.45) is 0 Å². The highest BCUT2D eigenvalue weighted by Crippen LogP contribution is 2.18. The van der Waals surface area contributed by atoms with Gasteiger partial charge in [0.25, 0.3) is 0 Å². The summed E-state index contributed by atoms with van der Waals surface area (Å²) in [6, 6.07) is 4.77. The number of hydrogen-bond acceptors (Lipinski definition) is 4. The first kappa shape index (κ1) is 14.9. The van der Waals surface area contributed by atoms with E-state index >= 15 is 0 Å². The van der Waals surface area contributed by atoms with E-state index in [0.29, 0.717) is 18.9 Å². The van der Waals surface area contributed by atoms with Crippen LogP contribution in [0.5, 0.6) is 5.75 Å². The minimum absolute atomic E-state index is 0.00602. The summed E-state index contributed by atoms with van der Waals surface area (Å²) in [5, 5.41) is 5.25. The van der Waals surface area contributed by atoms with E-state index in [0.717, 1.165) is 11.3 Å². The number of hydrogen-bond donors (Lipinski definition) is 1. The van der Waals surface area contributed by atoms with Crippen LogP contribution in [0.1, 0.15) is 32.0 Å². The van der Waals surface area contributed by atoms with Crippen LogP contribution in [0.15, 0.2) is 29.1 Å². The molecule has 0 aliphatic heterocycles. The van der Waals surface area contributed by atoms with Gasteiger partial charge in [-0.05, 0) is 38.5 Å². The maximum absolute atomic E-state index is 13.6. The summed E-state index contributed by atoms with van der Waals surface area (Å²) in [5.41, 5.74) is 3.47. The molecule has 2 aromatic rings. The fourth-order valence-corrected chi connectivity index (χ4v) is 2.18. The average molecular weight is 294 g/mol. The smallest absolute Gasteiger partial charge is 0.131 e. The molecule has 0 unspecified atom stereocenters. The number of benzene rings is 1. The van der Waals surface area contributed by atoms with Gasteiger partial charge in [0.2, 0.25) is 0 Å². The Morgan fingerprint density at radius 2 is 2.10 bits per heavy atom. The minimum atomic E-state index is -0.286. The normalized spacial score (nSPS) is 11.6. The van der Waals surface area contributed by atoms with Crippen LogP contribution in [0, 0.1) is 5.82 Å². The number of thiazole rings is 1. The topological polar surface area (TPSA) is 34.1 Å². The van der Waals surface area contributed by atoms with Gasteiger partial charge in [0, 0.05) is 23.5 Å². The number of rotatable bonds is 5. The highest BCUT2D eigenvalue weighted by Gasteiger charge is 2.10. The van der Waals surface area contributed by atoms with Gasteiger partial charge in [-0.1, -0.05) is 0 Å². The van der Waals surface area contributed by atoms with Crippen LogP contribution in [0.4, 0.5) is 4.39 Å². The lowest BCUT2D eigenvalue weighted by Gasteiger charge is -2.20. The monoisotopic (exact) mass is 294 g/mol. The van der Waals surface area contributed by atoms with Crippen molar-refractivity contribution < 1.29 is 9.13 Å². The second kappa shape index (κ2) is 6.33. The van der Waals surface area contributed by atoms with Gasteiger partial charge in [-0.3, -0.25) is 0 Å². The van der Waals surface area contributed by atoms with Crippen molar-refractivity contribution in [3.05, 3.63) is 46.2 Å². The van der Waals surface area contributed by atoms with Crippen LogP contribution in [-0.2, 0) is 13.2 Å². The molecule has 1 N–H and O–H groups in total. The van der Waals surface area contributed by atoms with Crippen LogP contribution in [0.25, 0.3) is 0 Å². The zero-order valence-corrected chi connectivity index (χ0v) is 12.8. The second-order valence-electron chi connectivity index (χ2n) is 5.67. The van der Waals surface area contributed by atoms with Crippen molar-refractivity contribution in [3.8, 4) is 5.75 Å². The highest BCUT2D eigenvalue weighted by molar-refractivity contribution is 7.07. The zero-order chi connectivity index (χ0) is 14.6. The number of halogens is 1. The summed E-state index contributed by atoms with van der Waals surface area (Å²) in [6.07, 6.45) is 0. The van der Waals surface area contributed by atoms with Gasteiger partial charge in [0.05, 0.1) is 11.2 Å². The summed E-state index contributed by atoms with van der Waals surface area (Å²) in [7, 11) is 0. The lowest BCUT2D eigenvalue weighted by Crippen LogP contribution is -2.35. The lowest BCUT2D eigenvalue weighted by atomic mass is 10.1. The molecule has 3 nitrogen and oxygen atoms in total. The Morgan fingerprint density at radius 1 is 1.30 bits per heavy atom. The van der Waals surface area contributed by atoms with Crippen LogP contribution in [0.2, 0.25) is 0 Å². The van der Waals surface area contributed by atoms with Crippen molar-refractivity contribution in [1.29, 1.82) is 0 Å². The Balaban J connectivity index is 2.00. The predicted molar refractivity (Wildman–Crippen MR) is 79.4 cm³/mol. The van der Waals surface area contributed by atoms with Crippen LogP contribution in [0.3, 0.4) is 0 Å². The standard InChI is InChI=1S/C15H19FN2OS/c1-15(2,3)18-7-11-4-12(16)6-14(5-11)19-8-13-9-20-10-17-13/h4-6,9-10,18H,7-8H2,1-3H3. The van der Waals surface area contributed by atoms with Crippen molar-refractivity contribution in [3.63, 3.8) is 0 Å². The minimum Gasteiger partial charge on any atom is -0.487 e. The molecule has 0 saturated carbocycles. The SMILES string of the molecule is CC(C)(C)NCc1cc(F)cc(OCc2cscn2)c1. The van der Waals surface area contributed by atoms with Crippen molar-refractivity contribution in [1.82, 2.24) is 10.3 Å². The average Bonchev–Trinajstić information content (AvgIpc) is 2.86. The quantitative estimate of drug-likeness (QED) is 0.912. The first-order chi connectivity index (χ1) is 9.42.